The lowest BCUT2D eigenvalue weighted by atomic mass is 10.1. The van der Waals surface area contributed by atoms with Gasteiger partial charge in [0.15, 0.2) is 0 Å². The number of amides is 1. The molecule has 0 aliphatic carbocycles. The van der Waals surface area contributed by atoms with Crippen molar-refractivity contribution >= 4 is 23.6 Å². The summed E-state index contributed by atoms with van der Waals surface area (Å²) in [4.78, 5) is 43.4. The van der Waals surface area contributed by atoms with Crippen LogP contribution < -0.4 is 5.32 Å². The minimum absolute atomic E-state index is 0.0162. The van der Waals surface area contributed by atoms with Crippen LogP contribution in [0, 0.1) is 0 Å². The Bertz CT molecular complexity index is 398. The van der Waals surface area contributed by atoms with Crippen molar-refractivity contribution < 1.29 is 38.9 Å². The van der Waals surface area contributed by atoms with Gasteiger partial charge in [0.05, 0.1) is 19.8 Å². The number of nitrogens with one attached hydrogen (secondary N) is 1. The number of ether oxygens (including phenoxy) is 2. The van der Waals surface area contributed by atoms with Gasteiger partial charge >= 0.3 is 11.9 Å². The molecule has 0 unspecified atom stereocenters. The maximum Gasteiger partial charge on any atom is 0.303 e. The minimum Gasteiger partial charge on any atom is -0.481 e. The molecule has 0 bridgehead atoms. The molecule has 0 rings (SSSR count). The number of aliphatic carboxylic acids is 2. The molecule has 3 N–H and O–H groups in total. The number of hydrogen-bond acceptors (Lipinski definition) is 6. The molecule has 0 aromatic carbocycles. The SMILES string of the molecule is O=C(O)CCCC(=O)CCCOCCOCCNC(=O)CCCC(=O)O. The normalized spacial score (nSPS) is 10.5. The van der Waals surface area contributed by atoms with Crippen molar-refractivity contribution in [3.63, 3.8) is 0 Å². The number of carbonyl (C=O) groups is 4. The van der Waals surface area contributed by atoms with Gasteiger partial charge in [-0.2, -0.15) is 0 Å². The molecule has 0 aromatic heterocycles. The van der Waals surface area contributed by atoms with Crippen LogP contribution in [0.3, 0.4) is 0 Å². The number of carboxylic acids is 2. The Morgan fingerprint density at radius 2 is 1.19 bits per heavy atom. The Hall–Kier alpha value is -2.00. The molecular weight excluding hydrogens is 346 g/mol. The molecule has 1 amide bonds. The average Bonchev–Trinajstić information content (AvgIpc) is 2.55. The number of hydrogen-bond donors (Lipinski definition) is 3. The fourth-order valence-corrected chi connectivity index (χ4v) is 2.01. The molecule has 0 saturated heterocycles. The van der Waals surface area contributed by atoms with Crippen molar-refractivity contribution in [2.75, 3.05) is 33.0 Å². The number of ketones is 1. The van der Waals surface area contributed by atoms with Gasteiger partial charge in [-0.3, -0.25) is 19.2 Å². The van der Waals surface area contributed by atoms with E-state index in [-0.39, 0.29) is 37.4 Å². The second-order valence-corrected chi connectivity index (χ2v) is 5.71. The Morgan fingerprint density at radius 1 is 0.654 bits per heavy atom. The minimum atomic E-state index is -0.913. The van der Waals surface area contributed by atoms with Gasteiger partial charge < -0.3 is 25.0 Å². The van der Waals surface area contributed by atoms with Gasteiger partial charge in [-0.1, -0.05) is 0 Å². The van der Waals surface area contributed by atoms with E-state index in [9.17, 15) is 19.2 Å². The number of rotatable bonds is 18. The van der Waals surface area contributed by atoms with E-state index >= 15 is 0 Å². The van der Waals surface area contributed by atoms with E-state index in [0.717, 1.165) is 0 Å². The van der Waals surface area contributed by atoms with Gasteiger partial charge in [0.1, 0.15) is 5.78 Å². The predicted molar refractivity (Wildman–Crippen MR) is 91.9 cm³/mol. The highest BCUT2D eigenvalue weighted by Crippen LogP contribution is 2.02. The highest BCUT2D eigenvalue weighted by atomic mass is 16.5. The summed E-state index contributed by atoms with van der Waals surface area (Å²) in [6.45, 7) is 1.91. The molecule has 0 atom stereocenters. The lowest BCUT2D eigenvalue weighted by Crippen LogP contribution is -2.27. The first kappa shape index (κ1) is 24.0. The molecule has 0 heterocycles. The standard InChI is InChI=1S/C17H29NO8/c19-14(4-1-7-16(21)22)5-3-10-25-12-13-26-11-9-18-15(20)6-2-8-17(23)24/h1-13H2,(H,18,20)(H,21,22)(H,23,24). The molecule has 0 saturated carbocycles. The van der Waals surface area contributed by atoms with Crippen LogP contribution in [0.4, 0.5) is 0 Å². The largest absolute Gasteiger partial charge is 0.481 e. The number of carboxylic acid groups (broad SMARTS) is 2. The van der Waals surface area contributed by atoms with E-state index in [1.807, 2.05) is 0 Å². The average molecular weight is 375 g/mol. The van der Waals surface area contributed by atoms with Gasteiger partial charge in [-0.05, 0) is 19.3 Å². The van der Waals surface area contributed by atoms with E-state index in [0.29, 0.717) is 58.7 Å². The lowest BCUT2D eigenvalue weighted by Gasteiger charge is -2.07. The first-order valence-electron chi connectivity index (χ1n) is 8.79. The molecule has 26 heavy (non-hydrogen) atoms. The molecule has 0 aliphatic rings. The first-order valence-corrected chi connectivity index (χ1v) is 8.79. The maximum atomic E-state index is 11.4. The Balaban J connectivity index is 3.28. The van der Waals surface area contributed by atoms with Gasteiger partial charge in [-0.15, -0.1) is 0 Å². The lowest BCUT2D eigenvalue weighted by molar-refractivity contribution is -0.138. The zero-order valence-electron chi connectivity index (χ0n) is 15.0. The summed E-state index contributed by atoms with van der Waals surface area (Å²) in [6.07, 6.45) is 2.14. The zero-order valence-corrected chi connectivity index (χ0v) is 15.0. The van der Waals surface area contributed by atoms with Crippen LogP contribution >= 0.6 is 0 Å². The van der Waals surface area contributed by atoms with Crippen LogP contribution in [-0.2, 0) is 28.7 Å². The summed E-state index contributed by atoms with van der Waals surface area (Å²) in [5.41, 5.74) is 0. The first-order chi connectivity index (χ1) is 12.4. The van der Waals surface area contributed by atoms with Crippen LogP contribution in [0.5, 0.6) is 0 Å². The number of carbonyl (C=O) groups excluding carboxylic acids is 2. The molecule has 0 aromatic rings. The van der Waals surface area contributed by atoms with Crippen LogP contribution in [0.1, 0.15) is 51.4 Å². The second kappa shape index (κ2) is 16.5. The highest BCUT2D eigenvalue weighted by molar-refractivity contribution is 5.79. The third-order valence-electron chi connectivity index (χ3n) is 3.33. The van der Waals surface area contributed by atoms with Gasteiger partial charge in [-0.25, -0.2) is 0 Å². The smallest absolute Gasteiger partial charge is 0.303 e. The third kappa shape index (κ3) is 18.3. The Kier molecular flexibility index (Phi) is 15.2. The van der Waals surface area contributed by atoms with Crippen molar-refractivity contribution in [3.05, 3.63) is 0 Å². The van der Waals surface area contributed by atoms with E-state index in [2.05, 4.69) is 5.32 Å². The molecule has 0 radical (unpaired) electrons. The molecule has 0 spiro atoms. The molecule has 0 aliphatic heterocycles. The fourth-order valence-electron chi connectivity index (χ4n) is 2.01. The van der Waals surface area contributed by atoms with Gasteiger partial charge in [0.2, 0.25) is 5.91 Å². The Labute approximate surface area is 153 Å². The molecule has 0 fully saturated rings. The second-order valence-electron chi connectivity index (χ2n) is 5.71. The van der Waals surface area contributed by atoms with E-state index < -0.39 is 11.9 Å². The topological polar surface area (TPSA) is 139 Å². The van der Waals surface area contributed by atoms with E-state index in [4.69, 9.17) is 19.7 Å². The molecule has 9 nitrogen and oxygen atoms in total. The monoisotopic (exact) mass is 375 g/mol. The number of Topliss-reactive ketones (excluding diaryl/α,β-unsaturated/α-hetero) is 1. The van der Waals surface area contributed by atoms with Crippen molar-refractivity contribution in [1.82, 2.24) is 5.32 Å². The van der Waals surface area contributed by atoms with E-state index in [1.54, 1.807) is 0 Å². The van der Waals surface area contributed by atoms with Crippen LogP contribution in [0.15, 0.2) is 0 Å². The quantitative estimate of drug-likeness (QED) is 0.301. The fraction of sp³-hybridized carbons (Fsp3) is 0.765. The van der Waals surface area contributed by atoms with Gasteiger partial charge in [0, 0.05) is 45.3 Å². The van der Waals surface area contributed by atoms with Gasteiger partial charge in [0.25, 0.3) is 0 Å². The summed E-state index contributed by atoms with van der Waals surface area (Å²) in [5.74, 6) is -1.95. The molecule has 150 valence electrons. The third-order valence-corrected chi connectivity index (χ3v) is 3.33. The summed E-state index contributed by atoms with van der Waals surface area (Å²) in [6, 6.07) is 0. The van der Waals surface area contributed by atoms with Crippen molar-refractivity contribution in [2.45, 2.75) is 51.4 Å². The van der Waals surface area contributed by atoms with Crippen molar-refractivity contribution in [1.29, 1.82) is 0 Å². The maximum absolute atomic E-state index is 11.4. The van der Waals surface area contributed by atoms with Crippen molar-refractivity contribution in [3.8, 4) is 0 Å². The summed E-state index contributed by atoms with van der Waals surface area (Å²) >= 11 is 0. The summed E-state index contributed by atoms with van der Waals surface area (Å²) in [5, 5.41) is 19.6. The van der Waals surface area contributed by atoms with Crippen molar-refractivity contribution in [2.24, 2.45) is 0 Å². The molecular formula is C17H29NO8. The van der Waals surface area contributed by atoms with Crippen LogP contribution in [0.2, 0.25) is 0 Å². The summed E-state index contributed by atoms with van der Waals surface area (Å²) in [7, 11) is 0. The Morgan fingerprint density at radius 3 is 1.81 bits per heavy atom. The zero-order chi connectivity index (χ0) is 19.6. The van der Waals surface area contributed by atoms with Crippen LogP contribution in [0.25, 0.3) is 0 Å². The van der Waals surface area contributed by atoms with Crippen LogP contribution in [-0.4, -0.2) is 66.8 Å². The predicted octanol–water partition coefficient (Wildman–Crippen LogP) is 0.995. The van der Waals surface area contributed by atoms with E-state index in [1.165, 1.54) is 0 Å². The molecule has 9 heteroatoms. The summed E-state index contributed by atoms with van der Waals surface area (Å²) < 4.78 is 10.6. The highest BCUT2D eigenvalue weighted by Gasteiger charge is 2.05.